The second-order valence-electron chi connectivity index (χ2n) is 15.3. The average Bonchev–Trinajstić information content (AvgIpc) is 3.09. The van der Waals surface area contributed by atoms with E-state index >= 15 is 0 Å². The first kappa shape index (κ1) is 38.2. The van der Waals surface area contributed by atoms with Gasteiger partial charge >= 0.3 is 46.5 Å². The number of hydrogen-bond acceptors (Lipinski definition) is 0. The van der Waals surface area contributed by atoms with Gasteiger partial charge < -0.3 is 0 Å². The van der Waals surface area contributed by atoms with Crippen molar-refractivity contribution in [3.05, 3.63) is 0 Å². The Morgan fingerprint density at radius 3 is 0.605 bits per heavy atom. The monoisotopic (exact) mass is 780 g/mol. The van der Waals surface area contributed by atoms with Crippen LogP contribution in [0.3, 0.4) is 0 Å². The van der Waals surface area contributed by atoms with Crippen LogP contribution in [0.25, 0.3) is 0 Å². The zero-order valence-corrected chi connectivity index (χ0v) is 34.3. The number of hydrogen-bond donors (Lipinski definition) is 0. The van der Waals surface area contributed by atoms with Crippen molar-refractivity contribution in [3.63, 3.8) is 0 Å². The minimum absolute atomic E-state index is 0.0465. The standard InChI is InChI=1S/2C18H33P.CH3P.2ClH.Ru/c2*1-4-10-16(11-5-1)19(17-12-6-2-7-13-17)18-14-8-3-9-15-18;1-2;;;/h2*16-18H,1-15H2;1H,2H2;2*1H;/q;;;;;+2. The summed E-state index contributed by atoms with van der Waals surface area (Å²) in [6.07, 6.45) is 47.6. The fourth-order valence-corrected chi connectivity index (χ4v) is 21.1. The van der Waals surface area contributed by atoms with Gasteiger partial charge in [-0.25, -0.2) is 0 Å². The molecule has 6 fully saturated rings. The van der Waals surface area contributed by atoms with Crippen molar-refractivity contribution < 1.29 is 13.5 Å². The van der Waals surface area contributed by atoms with E-state index in [9.17, 15) is 0 Å². The van der Waals surface area contributed by atoms with Gasteiger partial charge in [-0.1, -0.05) is 38.5 Å². The molecule has 0 spiro atoms. The molecule has 0 aliphatic heterocycles. The normalized spacial score (nSPS) is 26.8. The average molecular weight is 781 g/mol. The van der Waals surface area contributed by atoms with E-state index in [1.807, 2.05) is 0 Å². The van der Waals surface area contributed by atoms with Gasteiger partial charge in [-0.15, -0.1) is 0 Å². The topological polar surface area (TPSA) is 0 Å². The molecule has 0 radical (unpaired) electrons. The maximum absolute atomic E-state index is 5.29. The van der Waals surface area contributed by atoms with Crippen LogP contribution in [0.2, 0.25) is 0 Å². The van der Waals surface area contributed by atoms with Crippen molar-refractivity contribution in [1.29, 1.82) is 0 Å². The summed E-state index contributed by atoms with van der Waals surface area (Å²) >= 11 is -1.40. The van der Waals surface area contributed by atoms with E-state index in [0.29, 0.717) is 0 Å². The Hall–Kier alpha value is 2.36. The molecule has 0 bridgehead atoms. The second-order valence-corrected chi connectivity index (χ2v) is 29.4. The summed E-state index contributed by atoms with van der Waals surface area (Å²) in [5.74, 6) is 0. The van der Waals surface area contributed by atoms with Gasteiger partial charge in [0.2, 0.25) is 0 Å². The molecule has 0 aromatic heterocycles. The SMILES string of the molecule is C1CCC([PH+](C2CCCCC2)C2CCCCC2)CC1.C1CCC([PH+](C2CCCCC2)C2CCCCC2)CC1.P[CH]=[Ru]([Cl])[Cl]. The molecule has 6 heteroatoms. The van der Waals surface area contributed by atoms with E-state index in [0.717, 1.165) is 0 Å². The van der Waals surface area contributed by atoms with Gasteiger partial charge in [-0.2, -0.15) is 0 Å². The van der Waals surface area contributed by atoms with Gasteiger partial charge in [0.15, 0.2) is 0 Å². The molecule has 1 unspecified atom stereocenters. The van der Waals surface area contributed by atoms with Crippen LogP contribution in [0, 0.1) is 0 Å². The summed E-state index contributed by atoms with van der Waals surface area (Å²) in [4.78, 5) is 0. The molecule has 0 N–H and O–H groups in total. The third-order valence-corrected chi connectivity index (χ3v) is 26.3. The Balaban J connectivity index is 0.000000171. The van der Waals surface area contributed by atoms with Crippen LogP contribution in [-0.4, -0.2) is 38.3 Å². The van der Waals surface area contributed by atoms with E-state index in [4.69, 9.17) is 19.4 Å². The van der Waals surface area contributed by atoms with E-state index in [1.165, 1.54) is 34.0 Å². The van der Waals surface area contributed by atoms with Crippen molar-refractivity contribution in [2.75, 3.05) is 0 Å². The Morgan fingerprint density at radius 1 is 0.349 bits per heavy atom. The first-order valence-corrected chi connectivity index (χ1v) is 29.0. The molecule has 0 saturated heterocycles. The summed E-state index contributed by atoms with van der Waals surface area (Å²) < 4.78 is 1.76. The van der Waals surface area contributed by atoms with Crippen LogP contribution in [0.15, 0.2) is 0 Å². The van der Waals surface area contributed by atoms with Crippen molar-refractivity contribution in [3.8, 4) is 0 Å². The molecule has 6 saturated carbocycles. The Labute approximate surface area is 287 Å². The third kappa shape index (κ3) is 13.7. The number of halogens is 2. The summed E-state index contributed by atoms with van der Waals surface area (Å²) in [6.45, 7) is 0. The van der Waals surface area contributed by atoms with Gasteiger partial charge in [-0.3, -0.25) is 0 Å². The predicted molar refractivity (Wildman–Crippen MR) is 205 cm³/mol. The minimum atomic E-state index is -1.40. The zero-order chi connectivity index (χ0) is 30.1. The van der Waals surface area contributed by atoms with Gasteiger partial charge in [-0.05, 0) is 154 Å². The third-order valence-electron chi connectivity index (χ3n) is 12.5. The van der Waals surface area contributed by atoms with Crippen LogP contribution in [0.1, 0.15) is 193 Å². The molecular formula is C37H71Cl2P3Ru+2. The molecule has 6 aliphatic rings. The molecule has 6 aliphatic carbocycles. The molecule has 6 rings (SSSR count). The fraction of sp³-hybridized carbons (Fsp3) is 0.973. The van der Waals surface area contributed by atoms with E-state index in [2.05, 4.69) is 9.24 Å². The Bertz CT molecular complexity index is 587. The molecule has 0 amide bonds. The number of rotatable bonds is 6. The van der Waals surface area contributed by atoms with Crippen LogP contribution in [0.5, 0.6) is 0 Å². The van der Waals surface area contributed by atoms with Crippen molar-refractivity contribution in [2.24, 2.45) is 0 Å². The quantitative estimate of drug-likeness (QED) is 0.186. The summed E-state index contributed by atoms with van der Waals surface area (Å²) in [5, 5.41) is 0. The van der Waals surface area contributed by atoms with Gasteiger partial charge in [0.25, 0.3) is 0 Å². The molecule has 1 atom stereocenters. The van der Waals surface area contributed by atoms with Crippen LogP contribution >= 0.6 is 44.5 Å². The first-order chi connectivity index (χ1) is 21.2. The van der Waals surface area contributed by atoms with E-state index in [-0.39, 0.29) is 15.8 Å². The summed E-state index contributed by atoms with van der Waals surface area (Å²) in [7, 11) is 12.9. The molecule has 0 aromatic carbocycles. The maximum atomic E-state index is 5.29. The molecular weight excluding hydrogens is 709 g/mol. The molecule has 0 heterocycles. The van der Waals surface area contributed by atoms with Crippen LogP contribution < -0.4 is 0 Å². The summed E-state index contributed by atoms with van der Waals surface area (Å²) in [6, 6.07) is 0. The predicted octanol–water partition coefficient (Wildman–Crippen LogP) is 13.9. The Kier molecular flexibility index (Phi) is 20.3. The molecule has 43 heavy (non-hydrogen) atoms. The zero-order valence-electron chi connectivity index (χ0n) is 27.9. The summed E-state index contributed by atoms with van der Waals surface area (Å²) in [5.41, 5.74) is 7.36. The van der Waals surface area contributed by atoms with E-state index in [1.54, 1.807) is 197 Å². The van der Waals surface area contributed by atoms with Crippen molar-refractivity contribution >= 4 is 48.8 Å². The molecule has 254 valence electrons. The fourth-order valence-electron chi connectivity index (χ4n) is 10.6. The van der Waals surface area contributed by atoms with Crippen molar-refractivity contribution in [1.82, 2.24) is 0 Å². The van der Waals surface area contributed by atoms with Crippen molar-refractivity contribution in [2.45, 2.75) is 227 Å². The Morgan fingerprint density at radius 2 is 0.488 bits per heavy atom. The first-order valence-electron chi connectivity index (χ1n) is 19.4. The van der Waals surface area contributed by atoms with Gasteiger partial charge in [0.05, 0.1) is 34.0 Å². The van der Waals surface area contributed by atoms with Gasteiger partial charge in [0.1, 0.15) is 0 Å². The molecule has 0 nitrogen and oxygen atoms in total. The van der Waals surface area contributed by atoms with Crippen LogP contribution in [-0.2, 0) is 13.5 Å². The van der Waals surface area contributed by atoms with Crippen LogP contribution in [0.4, 0.5) is 0 Å². The molecule has 0 aromatic rings. The second kappa shape index (κ2) is 22.9. The van der Waals surface area contributed by atoms with Gasteiger partial charge in [0, 0.05) is 15.8 Å². The van der Waals surface area contributed by atoms with E-state index < -0.39 is 13.5 Å².